The lowest BCUT2D eigenvalue weighted by Crippen LogP contribution is -2.11. The minimum atomic E-state index is -0.433. The molecule has 3 aromatic rings. The highest BCUT2D eigenvalue weighted by molar-refractivity contribution is 6.04. The number of nitrogens with zero attached hydrogens (tertiary/aromatic N) is 1. The summed E-state index contributed by atoms with van der Waals surface area (Å²) in [6.45, 7) is 0. The van der Waals surface area contributed by atoms with Crippen LogP contribution < -0.4 is 10.1 Å². The number of rotatable bonds is 5. The first-order chi connectivity index (χ1) is 12.6. The van der Waals surface area contributed by atoms with E-state index < -0.39 is 4.92 Å². The van der Waals surface area contributed by atoms with Gasteiger partial charge in [-0.2, -0.15) is 0 Å². The summed E-state index contributed by atoms with van der Waals surface area (Å²) in [7, 11) is 1.54. The monoisotopic (exact) mass is 348 g/mol. The first kappa shape index (κ1) is 17.2. The molecule has 0 unspecified atom stereocenters. The fourth-order valence-electron chi connectivity index (χ4n) is 2.54. The summed E-state index contributed by atoms with van der Waals surface area (Å²) >= 11 is 0. The molecular weight excluding hydrogens is 332 g/mol. The van der Waals surface area contributed by atoms with Crippen molar-refractivity contribution in [1.29, 1.82) is 0 Å². The van der Waals surface area contributed by atoms with Gasteiger partial charge in [0.05, 0.1) is 12.0 Å². The Bertz CT molecular complexity index is 969. The van der Waals surface area contributed by atoms with Crippen LogP contribution in [0.3, 0.4) is 0 Å². The summed E-state index contributed by atoms with van der Waals surface area (Å²) in [5, 5.41) is 13.8. The van der Waals surface area contributed by atoms with Crippen molar-refractivity contribution >= 4 is 17.3 Å². The molecule has 0 fully saturated rings. The van der Waals surface area contributed by atoms with Crippen LogP contribution >= 0.6 is 0 Å². The molecule has 0 saturated carbocycles. The van der Waals surface area contributed by atoms with Gasteiger partial charge < -0.3 is 10.1 Å². The Balaban J connectivity index is 1.84. The molecule has 0 aliphatic heterocycles. The van der Waals surface area contributed by atoms with E-state index in [0.717, 1.165) is 5.56 Å². The van der Waals surface area contributed by atoms with Gasteiger partial charge in [0.15, 0.2) is 0 Å². The van der Waals surface area contributed by atoms with E-state index in [9.17, 15) is 14.9 Å². The molecule has 0 heterocycles. The van der Waals surface area contributed by atoms with Gasteiger partial charge in [0.25, 0.3) is 11.6 Å². The minimum absolute atomic E-state index is 0.0216. The normalized spacial score (nSPS) is 10.2. The molecule has 0 spiro atoms. The number of ether oxygens (including phenoxy) is 1. The molecule has 6 nitrogen and oxygen atoms in total. The van der Waals surface area contributed by atoms with E-state index in [1.165, 1.54) is 12.1 Å². The fraction of sp³-hybridized carbons (Fsp3) is 0.0500. The average Bonchev–Trinajstić information content (AvgIpc) is 2.68. The van der Waals surface area contributed by atoms with E-state index >= 15 is 0 Å². The second-order valence-electron chi connectivity index (χ2n) is 5.57. The topological polar surface area (TPSA) is 81.5 Å². The highest BCUT2D eigenvalue weighted by atomic mass is 16.6. The maximum absolute atomic E-state index is 12.4. The Morgan fingerprint density at radius 3 is 2.38 bits per heavy atom. The number of anilines is 1. The maximum Gasteiger partial charge on any atom is 0.270 e. The van der Waals surface area contributed by atoms with Crippen LogP contribution in [-0.4, -0.2) is 17.9 Å². The van der Waals surface area contributed by atoms with Gasteiger partial charge in [0.1, 0.15) is 5.75 Å². The second kappa shape index (κ2) is 7.48. The summed E-state index contributed by atoms with van der Waals surface area (Å²) in [4.78, 5) is 22.9. The maximum atomic E-state index is 12.4. The van der Waals surface area contributed by atoms with Gasteiger partial charge in [-0.05, 0) is 41.5 Å². The lowest BCUT2D eigenvalue weighted by Gasteiger charge is -2.09. The van der Waals surface area contributed by atoms with Crippen molar-refractivity contribution in [3.63, 3.8) is 0 Å². The Labute approximate surface area is 150 Å². The van der Waals surface area contributed by atoms with Gasteiger partial charge in [0, 0.05) is 23.4 Å². The molecule has 0 atom stereocenters. The van der Waals surface area contributed by atoms with E-state index in [4.69, 9.17) is 4.74 Å². The summed E-state index contributed by atoms with van der Waals surface area (Å²) in [6.07, 6.45) is 0. The van der Waals surface area contributed by atoms with Crippen LogP contribution in [0.2, 0.25) is 0 Å². The molecule has 0 aliphatic rings. The van der Waals surface area contributed by atoms with Crippen LogP contribution in [0, 0.1) is 10.1 Å². The zero-order valence-electron chi connectivity index (χ0n) is 14.0. The number of benzene rings is 3. The lowest BCUT2D eigenvalue weighted by molar-refractivity contribution is -0.384. The molecule has 3 rings (SSSR count). The number of nitro benzene ring substituents is 1. The number of hydrogen-bond donors (Lipinski definition) is 1. The third kappa shape index (κ3) is 3.87. The lowest BCUT2D eigenvalue weighted by atomic mass is 10.0. The molecule has 0 aromatic heterocycles. The molecule has 26 heavy (non-hydrogen) atoms. The Kier molecular flexibility index (Phi) is 4.94. The molecule has 1 N–H and O–H groups in total. The van der Waals surface area contributed by atoms with Crippen molar-refractivity contribution in [2.24, 2.45) is 0 Å². The van der Waals surface area contributed by atoms with E-state index in [2.05, 4.69) is 5.32 Å². The van der Waals surface area contributed by atoms with Crippen LogP contribution in [0.4, 0.5) is 11.4 Å². The second-order valence-corrected chi connectivity index (χ2v) is 5.57. The standard InChI is InChI=1S/C20H16N2O4/c1-26-19-10-4-7-16(13-19)20(23)21-17-8-2-5-14(11-17)15-6-3-9-18(12-15)22(24)25/h2-13H,1H3,(H,21,23). The van der Waals surface area contributed by atoms with Crippen molar-refractivity contribution in [2.75, 3.05) is 12.4 Å². The van der Waals surface area contributed by atoms with Gasteiger partial charge in [-0.25, -0.2) is 0 Å². The molecule has 1 amide bonds. The molecule has 0 saturated heterocycles. The predicted octanol–water partition coefficient (Wildman–Crippen LogP) is 4.52. The van der Waals surface area contributed by atoms with Crippen molar-refractivity contribution in [2.45, 2.75) is 0 Å². The van der Waals surface area contributed by atoms with Crippen molar-refractivity contribution in [1.82, 2.24) is 0 Å². The molecule has 0 aliphatic carbocycles. The number of nitro groups is 1. The van der Waals surface area contributed by atoms with Crippen LogP contribution in [0.1, 0.15) is 10.4 Å². The van der Waals surface area contributed by atoms with Crippen LogP contribution in [0.15, 0.2) is 72.8 Å². The Morgan fingerprint density at radius 2 is 1.65 bits per heavy atom. The van der Waals surface area contributed by atoms with Crippen LogP contribution in [-0.2, 0) is 0 Å². The third-order valence-corrected chi connectivity index (χ3v) is 3.84. The number of hydrogen-bond acceptors (Lipinski definition) is 4. The van der Waals surface area contributed by atoms with Crippen molar-refractivity contribution < 1.29 is 14.5 Å². The largest absolute Gasteiger partial charge is 0.497 e. The van der Waals surface area contributed by atoms with Gasteiger partial charge in [0.2, 0.25) is 0 Å². The molecule has 130 valence electrons. The molecule has 0 radical (unpaired) electrons. The highest BCUT2D eigenvalue weighted by Crippen LogP contribution is 2.26. The van der Waals surface area contributed by atoms with Crippen LogP contribution in [0.5, 0.6) is 5.75 Å². The van der Waals surface area contributed by atoms with Gasteiger partial charge in [-0.3, -0.25) is 14.9 Å². The number of nitrogens with one attached hydrogen (secondary N) is 1. The quantitative estimate of drug-likeness (QED) is 0.543. The van der Waals surface area contributed by atoms with E-state index in [-0.39, 0.29) is 11.6 Å². The molecule has 0 bridgehead atoms. The Hall–Kier alpha value is -3.67. The first-order valence-corrected chi connectivity index (χ1v) is 7.87. The zero-order valence-corrected chi connectivity index (χ0v) is 14.0. The van der Waals surface area contributed by atoms with Gasteiger partial charge >= 0.3 is 0 Å². The molecule has 3 aromatic carbocycles. The Morgan fingerprint density at radius 1 is 0.962 bits per heavy atom. The number of amides is 1. The first-order valence-electron chi connectivity index (χ1n) is 7.87. The van der Waals surface area contributed by atoms with Crippen molar-refractivity contribution in [3.05, 3.63) is 88.5 Å². The van der Waals surface area contributed by atoms with E-state index in [1.54, 1.807) is 61.7 Å². The SMILES string of the molecule is COc1cccc(C(=O)Nc2cccc(-c3cccc([N+](=O)[O-])c3)c2)c1. The van der Waals surface area contributed by atoms with Gasteiger partial charge in [-0.15, -0.1) is 0 Å². The van der Waals surface area contributed by atoms with Crippen molar-refractivity contribution in [3.8, 4) is 16.9 Å². The predicted molar refractivity (Wildman–Crippen MR) is 99.5 cm³/mol. The third-order valence-electron chi connectivity index (χ3n) is 3.84. The minimum Gasteiger partial charge on any atom is -0.497 e. The van der Waals surface area contributed by atoms with Crippen LogP contribution in [0.25, 0.3) is 11.1 Å². The smallest absolute Gasteiger partial charge is 0.270 e. The fourth-order valence-corrected chi connectivity index (χ4v) is 2.54. The summed E-state index contributed by atoms with van der Waals surface area (Å²) in [5.74, 6) is 0.336. The number of non-ortho nitro benzene ring substituents is 1. The van der Waals surface area contributed by atoms with E-state index in [0.29, 0.717) is 22.6 Å². The van der Waals surface area contributed by atoms with E-state index in [1.807, 2.05) is 6.07 Å². The summed E-state index contributed by atoms with van der Waals surface area (Å²) < 4.78 is 5.13. The zero-order chi connectivity index (χ0) is 18.5. The summed E-state index contributed by atoms with van der Waals surface area (Å²) in [6, 6.07) is 20.4. The summed E-state index contributed by atoms with van der Waals surface area (Å²) in [5.41, 5.74) is 2.58. The molecule has 6 heteroatoms. The van der Waals surface area contributed by atoms with Gasteiger partial charge in [-0.1, -0.05) is 30.3 Å². The molecular formula is C20H16N2O4. The number of carbonyl (C=O) groups excluding carboxylic acids is 1. The average molecular weight is 348 g/mol. The highest BCUT2D eigenvalue weighted by Gasteiger charge is 2.10. The number of methoxy groups -OCH3 is 1. The number of carbonyl (C=O) groups is 1.